The van der Waals surface area contributed by atoms with Gasteiger partial charge in [-0.3, -0.25) is 0 Å². The molecule has 2 nitrogen and oxygen atoms in total. The third-order valence-corrected chi connectivity index (χ3v) is 4.04. The van der Waals surface area contributed by atoms with Crippen molar-refractivity contribution in [3.05, 3.63) is 70.4 Å². The molecule has 0 bridgehead atoms. The van der Waals surface area contributed by atoms with Crippen molar-refractivity contribution < 1.29 is 0 Å². The molecule has 3 rings (SSSR count). The summed E-state index contributed by atoms with van der Waals surface area (Å²) in [6.45, 7) is 3.51. The Labute approximate surface area is 123 Å². The lowest BCUT2D eigenvalue weighted by molar-refractivity contribution is 0.795. The normalized spacial score (nSPS) is 11.2. The van der Waals surface area contributed by atoms with Gasteiger partial charge in [-0.2, -0.15) is 0 Å². The zero-order valence-electron chi connectivity index (χ0n) is 11.4. The van der Waals surface area contributed by atoms with Gasteiger partial charge in [-0.25, -0.2) is 0 Å². The van der Waals surface area contributed by atoms with Crippen molar-refractivity contribution in [1.29, 1.82) is 0 Å². The number of hydrogen-bond donors (Lipinski definition) is 1. The molecule has 0 fully saturated rings. The van der Waals surface area contributed by atoms with Crippen molar-refractivity contribution in [1.82, 2.24) is 4.57 Å². The third kappa shape index (κ3) is 2.21. The van der Waals surface area contributed by atoms with Gasteiger partial charge in [0.25, 0.3) is 0 Å². The summed E-state index contributed by atoms with van der Waals surface area (Å²) in [7, 11) is 0. The van der Waals surface area contributed by atoms with Crippen LogP contribution in [0, 0.1) is 6.92 Å². The van der Waals surface area contributed by atoms with Crippen LogP contribution >= 0.6 is 11.6 Å². The standard InChI is InChI=1S/C17H17ClN2/c1-12-16(10-19)15-9-14(18)7-8-17(15)20(12)11-13-5-3-2-4-6-13/h2-9H,10-11,19H2,1H3. The predicted octanol–water partition coefficient (Wildman–Crippen LogP) is 4.11. The quantitative estimate of drug-likeness (QED) is 0.771. The maximum atomic E-state index is 6.12. The monoisotopic (exact) mass is 284 g/mol. The number of nitrogens with two attached hydrogens (primary N) is 1. The molecule has 0 aliphatic heterocycles. The smallest absolute Gasteiger partial charge is 0.0490 e. The maximum Gasteiger partial charge on any atom is 0.0490 e. The lowest BCUT2D eigenvalue weighted by Gasteiger charge is -2.09. The molecule has 0 saturated heterocycles. The highest BCUT2D eigenvalue weighted by atomic mass is 35.5. The highest BCUT2D eigenvalue weighted by molar-refractivity contribution is 6.31. The molecule has 0 saturated carbocycles. The second-order valence-electron chi connectivity index (χ2n) is 5.00. The third-order valence-electron chi connectivity index (χ3n) is 3.80. The molecule has 2 N–H and O–H groups in total. The van der Waals surface area contributed by atoms with Crippen LogP contribution in [0.2, 0.25) is 5.02 Å². The largest absolute Gasteiger partial charge is 0.340 e. The Morgan fingerprint density at radius 1 is 1.10 bits per heavy atom. The molecule has 1 aromatic heterocycles. The second-order valence-corrected chi connectivity index (χ2v) is 5.44. The van der Waals surface area contributed by atoms with Crippen LogP contribution in [0.4, 0.5) is 0 Å². The summed E-state index contributed by atoms with van der Waals surface area (Å²) < 4.78 is 2.31. The fourth-order valence-corrected chi connectivity index (χ4v) is 2.92. The molecular formula is C17H17ClN2. The minimum atomic E-state index is 0.532. The van der Waals surface area contributed by atoms with Gasteiger partial charge in [-0.15, -0.1) is 0 Å². The van der Waals surface area contributed by atoms with Crippen molar-refractivity contribution in [2.24, 2.45) is 5.73 Å². The van der Waals surface area contributed by atoms with E-state index >= 15 is 0 Å². The SMILES string of the molecule is Cc1c(CN)c2cc(Cl)ccc2n1Cc1ccccc1. The molecule has 0 spiro atoms. The van der Waals surface area contributed by atoms with E-state index in [9.17, 15) is 0 Å². The Bertz CT molecular complexity index is 745. The van der Waals surface area contributed by atoms with Crippen molar-refractivity contribution in [2.75, 3.05) is 0 Å². The van der Waals surface area contributed by atoms with Gasteiger partial charge >= 0.3 is 0 Å². The lowest BCUT2D eigenvalue weighted by Crippen LogP contribution is -2.04. The Morgan fingerprint density at radius 3 is 2.55 bits per heavy atom. The van der Waals surface area contributed by atoms with E-state index in [1.165, 1.54) is 22.3 Å². The van der Waals surface area contributed by atoms with Gasteiger partial charge in [0.15, 0.2) is 0 Å². The van der Waals surface area contributed by atoms with Crippen molar-refractivity contribution >= 4 is 22.5 Å². The van der Waals surface area contributed by atoms with Crippen molar-refractivity contribution in [3.63, 3.8) is 0 Å². The summed E-state index contributed by atoms with van der Waals surface area (Å²) in [5, 5.41) is 1.91. The van der Waals surface area contributed by atoms with E-state index in [0.717, 1.165) is 17.0 Å². The van der Waals surface area contributed by atoms with Gasteiger partial charge in [0, 0.05) is 34.7 Å². The van der Waals surface area contributed by atoms with Crippen LogP contribution in [0.25, 0.3) is 10.9 Å². The predicted molar refractivity (Wildman–Crippen MR) is 85.1 cm³/mol. The zero-order valence-corrected chi connectivity index (χ0v) is 12.2. The summed E-state index contributed by atoms with van der Waals surface area (Å²) in [5.41, 5.74) is 10.8. The van der Waals surface area contributed by atoms with Gasteiger partial charge in [0.2, 0.25) is 0 Å². The Morgan fingerprint density at radius 2 is 1.85 bits per heavy atom. The second kappa shape index (κ2) is 5.31. The number of nitrogens with zero attached hydrogens (tertiary/aromatic N) is 1. The van der Waals surface area contributed by atoms with Crippen LogP contribution in [-0.2, 0) is 13.1 Å². The molecule has 0 aliphatic carbocycles. The first-order valence-corrected chi connectivity index (χ1v) is 7.09. The number of benzene rings is 2. The van der Waals surface area contributed by atoms with Crippen LogP contribution in [0.1, 0.15) is 16.8 Å². The van der Waals surface area contributed by atoms with E-state index in [1.807, 2.05) is 18.2 Å². The number of hydrogen-bond acceptors (Lipinski definition) is 1. The Balaban J connectivity index is 2.17. The van der Waals surface area contributed by atoms with E-state index in [1.54, 1.807) is 0 Å². The minimum Gasteiger partial charge on any atom is -0.340 e. The highest BCUT2D eigenvalue weighted by Crippen LogP contribution is 2.29. The molecule has 3 heteroatoms. The van der Waals surface area contributed by atoms with Gasteiger partial charge in [-0.1, -0.05) is 41.9 Å². The van der Waals surface area contributed by atoms with E-state index in [-0.39, 0.29) is 0 Å². The fraction of sp³-hybridized carbons (Fsp3) is 0.176. The number of rotatable bonds is 3. The van der Waals surface area contributed by atoms with Gasteiger partial charge in [-0.05, 0) is 36.2 Å². The summed E-state index contributed by atoms with van der Waals surface area (Å²) >= 11 is 6.12. The molecular weight excluding hydrogens is 268 g/mol. The van der Waals surface area contributed by atoms with Gasteiger partial charge < -0.3 is 10.3 Å². The average molecular weight is 285 g/mol. The molecule has 0 amide bonds. The first kappa shape index (κ1) is 13.2. The topological polar surface area (TPSA) is 30.9 Å². The molecule has 3 aromatic rings. The molecule has 1 heterocycles. The molecule has 0 unspecified atom stereocenters. The molecule has 102 valence electrons. The maximum absolute atomic E-state index is 6.12. The number of halogens is 1. The number of fused-ring (bicyclic) bond motifs is 1. The molecule has 0 aliphatic rings. The van der Waals surface area contributed by atoms with Gasteiger partial charge in [0.1, 0.15) is 0 Å². The van der Waals surface area contributed by atoms with Crippen LogP contribution < -0.4 is 5.73 Å². The van der Waals surface area contributed by atoms with E-state index < -0.39 is 0 Å². The molecule has 20 heavy (non-hydrogen) atoms. The summed E-state index contributed by atoms with van der Waals surface area (Å²) in [4.78, 5) is 0. The Hall–Kier alpha value is -1.77. The van der Waals surface area contributed by atoms with E-state index in [2.05, 4.69) is 41.8 Å². The minimum absolute atomic E-state index is 0.532. The average Bonchev–Trinajstić information content (AvgIpc) is 2.71. The van der Waals surface area contributed by atoms with Crippen molar-refractivity contribution in [3.8, 4) is 0 Å². The molecule has 0 atom stereocenters. The molecule has 2 aromatic carbocycles. The van der Waals surface area contributed by atoms with Crippen LogP contribution in [0.15, 0.2) is 48.5 Å². The van der Waals surface area contributed by atoms with E-state index in [4.69, 9.17) is 17.3 Å². The van der Waals surface area contributed by atoms with Crippen molar-refractivity contribution in [2.45, 2.75) is 20.0 Å². The Kier molecular flexibility index (Phi) is 3.51. The number of aromatic nitrogens is 1. The van der Waals surface area contributed by atoms with E-state index in [0.29, 0.717) is 6.54 Å². The highest BCUT2D eigenvalue weighted by Gasteiger charge is 2.13. The molecule has 0 radical (unpaired) electrons. The van der Waals surface area contributed by atoms with Gasteiger partial charge in [0.05, 0.1) is 0 Å². The summed E-state index contributed by atoms with van der Waals surface area (Å²) in [6.07, 6.45) is 0. The van der Waals surface area contributed by atoms with Crippen LogP contribution in [-0.4, -0.2) is 4.57 Å². The lowest BCUT2D eigenvalue weighted by atomic mass is 10.1. The fourth-order valence-electron chi connectivity index (χ4n) is 2.75. The van der Waals surface area contributed by atoms with Crippen LogP contribution in [0.3, 0.4) is 0 Å². The van der Waals surface area contributed by atoms with Crippen LogP contribution in [0.5, 0.6) is 0 Å². The zero-order chi connectivity index (χ0) is 14.1. The first-order valence-electron chi connectivity index (χ1n) is 6.72. The first-order chi connectivity index (χ1) is 9.70. The summed E-state index contributed by atoms with van der Waals surface area (Å²) in [5.74, 6) is 0. The summed E-state index contributed by atoms with van der Waals surface area (Å²) in [6, 6.07) is 16.5.